The Hall–Kier alpha value is -2.05. The summed E-state index contributed by atoms with van der Waals surface area (Å²) in [6.45, 7) is -3.28. The first-order valence-electron chi connectivity index (χ1n) is 5.66. The SMILES string of the molecule is Cc1cc([B-](F)(F)F)ccc1OCc1ncccn1. The molecule has 0 aliphatic rings. The molecular formula is C12H11BF3N2O-. The quantitative estimate of drug-likeness (QED) is 0.798. The minimum atomic E-state index is -4.98. The van der Waals surface area contributed by atoms with Gasteiger partial charge >= 0.3 is 6.98 Å². The van der Waals surface area contributed by atoms with E-state index in [2.05, 4.69) is 9.97 Å². The van der Waals surface area contributed by atoms with Gasteiger partial charge < -0.3 is 17.7 Å². The number of hydrogen-bond acceptors (Lipinski definition) is 3. The predicted molar refractivity (Wildman–Crippen MR) is 66.3 cm³/mol. The number of benzene rings is 1. The Morgan fingerprint density at radius 2 is 1.84 bits per heavy atom. The van der Waals surface area contributed by atoms with Crippen LogP contribution < -0.4 is 10.2 Å². The molecule has 0 radical (unpaired) electrons. The Morgan fingerprint density at radius 3 is 2.42 bits per heavy atom. The lowest BCUT2D eigenvalue weighted by atomic mass is 9.79. The van der Waals surface area contributed by atoms with Gasteiger partial charge in [-0.3, -0.25) is 0 Å². The minimum Gasteiger partial charge on any atom is -0.485 e. The van der Waals surface area contributed by atoms with Gasteiger partial charge in [-0.25, -0.2) is 9.97 Å². The van der Waals surface area contributed by atoms with Crippen molar-refractivity contribution < 1.29 is 17.7 Å². The molecule has 0 spiro atoms. The first-order chi connectivity index (χ1) is 8.97. The molecule has 1 heterocycles. The summed E-state index contributed by atoms with van der Waals surface area (Å²) in [5, 5.41) is 0. The van der Waals surface area contributed by atoms with Crippen LogP contribution in [0.3, 0.4) is 0 Å². The molecular weight excluding hydrogens is 256 g/mol. The van der Waals surface area contributed by atoms with Gasteiger partial charge in [0.15, 0.2) is 5.82 Å². The smallest absolute Gasteiger partial charge is 0.485 e. The van der Waals surface area contributed by atoms with Crippen molar-refractivity contribution in [1.29, 1.82) is 0 Å². The van der Waals surface area contributed by atoms with Gasteiger partial charge in [0, 0.05) is 12.4 Å². The molecule has 0 saturated heterocycles. The van der Waals surface area contributed by atoms with E-state index < -0.39 is 12.4 Å². The van der Waals surface area contributed by atoms with Crippen LogP contribution in [0.4, 0.5) is 12.9 Å². The molecule has 0 aliphatic heterocycles. The van der Waals surface area contributed by atoms with E-state index in [1.165, 1.54) is 6.07 Å². The molecule has 0 fully saturated rings. The molecule has 0 amide bonds. The van der Waals surface area contributed by atoms with E-state index in [0.717, 1.165) is 12.1 Å². The second kappa shape index (κ2) is 5.30. The average Bonchev–Trinajstić information content (AvgIpc) is 2.37. The van der Waals surface area contributed by atoms with E-state index in [4.69, 9.17) is 4.74 Å². The van der Waals surface area contributed by atoms with E-state index in [1.807, 2.05) is 0 Å². The van der Waals surface area contributed by atoms with Crippen molar-refractivity contribution in [2.75, 3.05) is 0 Å². The van der Waals surface area contributed by atoms with Gasteiger partial charge in [0.1, 0.15) is 12.4 Å². The monoisotopic (exact) mass is 267 g/mol. The first kappa shape index (κ1) is 13.4. The number of nitrogens with zero attached hydrogens (tertiary/aromatic N) is 2. The highest BCUT2D eigenvalue weighted by atomic mass is 19.4. The third-order valence-corrected chi connectivity index (χ3v) is 2.55. The van der Waals surface area contributed by atoms with Crippen LogP contribution in [0.2, 0.25) is 0 Å². The summed E-state index contributed by atoms with van der Waals surface area (Å²) >= 11 is 0. The van der Waals surface area contributed by atoms with Crippen molar-refractivity contribution in [3.63, 3.8) is 0 Å². The molecule has 2 aromatic rings. The van der Waals surface area contributed by atoms with Gasteiger partial charge in [-0.05, 0) is 24.6 Å². The minimum absolute atomic E-state index is 0.123. The van der Waals surface area contributed by atoms with E-state index in [9.17, 15) is 12.9 Å². The van der Waals surface area contributed by atoms with Crippen molar-refractivity contribution >= 4 is 12.4 Å². The van der Waals surface area contributed by atoms with Gasteiger partial charge in [0.2, 0.25) is 0 Å². The summed E-state index contributed by atoms with van der Waals surface area (Å²) in [7, 11) is 0. The van der Waals surface area contributed by atoms with E-state index in [0.29, 0.717) is 17.1 Å². The molecule has 3 nitrogen and oxygen atoms in total. The highest BCUT2D eigenvalue weighted by Gasteiger charge is 2.25. The Bertz CT molecular complexity index is 561. The molecule has 100 valence electrons. The molecule has 1 aromatic carbocycles. The molecule has 1 aromatic heterocycles. The van der Waals surface area contributed by atoms with Gasteiger partial charge in [0.05, 0.1) is 0 Å². The van der Waals surface area contributed by atoms with E-state index >= 15 is 0 Å². The second-order valence-electron chi connectivity index (χ2n) is 4.05. The van der Waals surface area contributed by atoms with Gasteiger partial charge in [-0.2, -0.15) is 0 Å². The van der Waals surface area contributed by atoms with Crippen molar-refractivity contribution in [3.8, 4) is 5.75 Å². The second-order valence-corrected chi connectivity index (χ2v) is 4.05. The third-order valence-electron chi connectivity index (χ3n) is 2.55. The summed E-state index contributed by atoms with van der Waals surface area (Å²) in [6, 6.07) is 5.10. The number of aromatic nitrogens is 2. The van der Waals surface area contributed by atoms with E-state index in [1.54, 1.807) is 25.4 Å². The van der Waals surface area contributed by atoms with Crippen molar-refractivity contribution in [3.05, 3.63) is 48.0 Å². The van der Waals surface area contributed by atoms with Crippen LogP contribution in [0, 0.1) is 6.92 Å². The topological polar surface area (TPSA) is 35.0 Å². The summed E-state index contributed by atoms with van der Waals surface area (Å²) in [6.07, 6.45) is 3.15. The average molecular weight is 267 g/mol. The number of ether oxygens (including phenoxy) is 1. The molecule has 0 aliphatic carbocycles. The maximum atomic E-state index is 12.6. The third kappa shape index (κ3) is 3.46. The van der Waals surface area contributed by atoms with Crippen LogP contribution in [0.1, 0.15) is 11.4 Å². The number of rotatable bonds is 4. The normalized spacial score (nSPS) is 11.4. The largest absolute Gasteiger partial charge is 0.509 e. The van der Waals surface area contributed by atoms with Crippen molar-refractivity contribution in [2.45, 2.75) is 13.5 Å². The Kier molecular flexibility index (Phi) is 3.73. The lowest BCUT2D eigenvalue weighted by Gasteiger charge is -2.17. The van der Waals surface area contributed by atoms with Crippen LogP contribution in [-0.2, 0) is 6.61 Å². The highest BCUT2D eigenvalue weighted by Crippen LogP contribution is 2.19. The maximum absolute atomic E-state index is 12.6. The summed E-state index contributed by atoms with van der Waals surface area (Å²) in [4.78, 5) is 7.93. The molecule has 2 rings (SSSR count). The zero-order valence-corrected chi connectivity index (χ0v) is 10.2. The molecule has 0 bridgehead atoms. The lowest BCUT2D eigenvalue weighted by molar-refractivity contribution is 0.294. The van der Waals surface area contributed by atoms with Crippen LogP contribution in [0.5, 0.6) is 5.75 Å². The van der Waals surface area contributed by atoms with E-state index in [-0.39, 0.29) is 6.61 Å². The predicted octanol–water partition coefficient (Wildman–Crippen LogP) is 2.42. The van der Waals surface area contributed by atoms with Crippen molar-refractivity contribution in [1.82, 2.24) is 9.97 Å². The fourth-order valence-electron chi connectivity index (χ4n) is 1.58. The molecule has 0 unspecified atom stereocenters. The van der Waals surface area contributed by atoms with Gasteiger partial charge in [-0.1, -0.05) is 12.1 Å². The van der Waals surface area contributed by atoms with Crippen molar-refractivity contribution in [2.24, 2.45) is 0 Å². The fourth-order valence-corrected chi connectivity index (χ4v) is 1.58. The summed E-state index contributed by atoms with van der Waals surface area (Å²) in [5.41, 5.74) is -0.187. The standard InChI is InChI=1S/C12H11BF3N2O/c1-9-7-10(13(14,15)16)3-4-11(9)19-8-12-17-5-2-6-18-12/h2-7H,8H2,1H3/q-1. The van der Waals surface area contributed by atoms with Crippen LogP contribution >= 0.6 is 0 Å². The highest BCUT2D eigenvalue weighted by molar-refractivity contribution is 6.73. The first-order valence-corrected chi connectivity index (χ1v) is 5.66. The fraction of sp³-hybridized carbons (Fsp3) is 0.167. The lowest BCUT2D eigenvalue weighted by Crippen LogP contribution is -2.34. The Morgan fingerprint density at radius 1 is 1.16 bits per heavy atom. The molecule has 0 saturated carbocycles. The van der Waals surface area contributed by atoms with Gasteiger partial charge in [-0.15, -0.1) is 5.46 Å². The molecule has 7 heteroatoms. The molecule has 19 heavy (non-hydrogen) atoms. The van der Waals surface area contributed by atoms with Crippen LogP contribution in [0.15, 0.2) is 36.7 Å². The number of aryl methyl sites for hydroxylation is 1. The van der Waals surface area contributed by atoms with Crippen LogP contribution in [0.25, 0.3) is 0 Å². The van der Waals surface area contributed by atoms with Crippen LogP contribution in [-0.4, -0.2) is 16.9 Å². The van der Waals surface area contributed by atoms with Gasteiger partial charge in [0.25, 0.3) is 0 Å². The zero-order chi connectivity index (χ0) is 13.9. The summed E-state index contributed by atoms with van der Waals surface area (Å²) in [5.74, 6) is 0.877. The Balaban J connectivity index is 2.10. The summed E-state index contributed by atoms with van der Waals surface area (Å²) < 4.78 is 43.1. The molecule has 0 N–H and O–H groups in total. The number of hydrogen-bond donors (Lipinski definition) is 0. The number of halogens is 3. The zero-order valence-electron chi connectivity index (χ0n) is 10.2. The maximum Gasteiger partial charge on any atom is 0.509 e. The Labute approximate surface area is 108 Å². The molecule has 0 atom stereocenters.